The third kappa shape index (κ3) is 5.67. The fourth-order valence-electron chi connectivity index (χ4n) is 9.65. The molecule has 7 rings (SSSR count). The molecule has 6 fully saturated rings. The molecule has 0 aromatic heterocycles. The fourth-order valence-corrected chi connectivity index (χ4v) is 9.65. The van der Waals surface area contributed by atoms with Crippen molar-refractivity contribution in [3.8, 4) is 0 Å². The maximum atomic E-state index is 16.3. The minimum atomic E-state index is -1.20. The number of ether oxygens (including phenoxy) is 2. The Morgan fingerprint density at radius 3 is 2.51 bits per heavy atom. The van der Waals surface area contributed by atoms with E-state index in [4.69, 9.17) is 20.3 Å². The molecule has 10 unspecified atom stereocenters. The summed E-state index contributed by atoms with van der Waals surface area (Å²) in [5, 5.41) is 8.92. The van der Waals surface area contributed by atoms with E-state index in [1.54, 1.807) is 4.90 Å². The zero-order chi connectivity index (χ0) is 29.7. The van der Waals surface area contributed by atoms with Crippen molar-refractivity contribution in [3.05, 3.63) is 11.8 Å². The van der Waals surface area contributed by atoms with Crippen molar-refractivity contribution in [2.75, 3.05) is 65.6 Å². The van der Waals surface area contributed by atoms with E-state index >= 15 is 4.39 Å². The predicted octanol–water partition coefficient (Wildman–Crippen LogP) is 0.773. The summed E-state index contributed by atoms with van der Waals surface area (Å²) in [6.07, 6.45) is 8.28. The number of alkyl halides is 1. The molecule has 11 heteroatoms. The molecule has 10 atom stereocenters. The summed E-state index contributed by atoms with van der Waals surface area (Å²) >= 11 is 0. The first-order valence-corrected chi connectivity index (χ1v) is 17.0. The fraction of sp³-hybridized carbons (Fsp3) is 0.875. The summed E-state index contributed by atoms with van der Waals surface area (Å²) in [5.74, 6) is 0.300. The van der Waals surface area contributed by atoms with Gasteiger partial charge in [0.25, 0.3) is 5.91 Å². The van der Waals surface area contributed by atoms with Gasteiger partial charge in [0.2, 0.25) is 0 Å². The zero-order valence-electron chi connectivity index (χ0n) is 25.4. The van der Waals surface area contributed by atoms with E-state index in [1.165, 1.54) is 25.7 Å². The van der Waals surface area contributed by atoms with Crippen LogP contribution in [0.4, 0.5) is 4.39 Å². The Bertz CT molecular complexity index is 1070. The zero-order valence-corrected chi connectivity index (χ0v) is 25.4. The maximum Gasteiger partial charge on any atom is 0.259 e. The molecule has 0 bridgehead atoms. The van der Waals surface area contributed by atoms with Crippen LogP contribution in [-0.4, -0.2) is 145 Å². The highest BCUT2D eigenvalue weighted by molar-refractivity contribution is 6.20. The molecule has 4 heterocycles. The largest absolute Gasteiger partial charge is 0.394 e. The van der Waals surface area contributed by atoms with Crippen molar-refractivity contribution in [1.29, 1.82) is 0 Å². The summed E-state index contributed by atoms with van der Waals surface area (Å²) in [4.78, 5) is 36.7. The van der Waals surface area contributed by atoms with Gasteiger partial charge in [-0.05, 0) is 37.5 Å². The van der Waals surface area contributed by atoms with Gasteiger partial charge >= 0.3 is 0 Å². The highest BCUT2D eigenvalue weighted by Gasteiger charge is 2.61. The van der Waals surface area contributed by atoms with E-state index in [1.807, 2.05) is 6.20 Å². The summed E-state index contributed by atoms with van der Waals surface area (Å²) in [7, 11) is 0. The molecular weight excluding hydrogens is 553 g/mol. The lowest BCUT2D eigenvalue weighted by atomic mass is 9.64. The lowest BCUT2D eigenvalue weighted by molar-refractivity contribution is -0.219. The second-order valence-corrected chi connectivity index (χ2v) is 14.2. The standard InChI is InChI=1S/C32H50FN5O5/c33-25-17-23-28-31(29(25)37-6-5-22(34)18-37)43-27-16-21-4-2-1-3-20(21)15-26(27)38(28)19-24(30(23)40)32(41)36-9-7-35(8-10-36)11-13-42-14-12-39/h19-23,25-29,31,39H,1-18,34H2. The number of piperazine rings is 1. The van der Waals surface area contributed by atoms with E-state index in [2.05, 4.69) is 14.7 Å². The Hall–Kier alpha value is -1.63. The van der Waals surface area contributed by atoms with E-state index in [9.17, 15) is 9.59 Å². The van der Waals surface area contributed by atoms with Crippen LogP contribution >= 0.6 is 0 Å². The number of hydrogen-bond donors (Lipinski definition) is 2. The molecule has 0 aromatic carbocycles. The minimum Gasteiger partial charge on any atom is -0.394 e. The molecule has 240 valence electrons. The molecule has 4 aliphatic heterocycles. The molecule has 43 heavy (non-hydrogen) atoms. The summed E-state index contributed by atoms with van der Waals surface area (Å²) in [5.41, 5.74) is 6.50. The number of aliphatic hydroxyl groups excluding tert-OH is 1. The number of fused-ring (bicyclic) bond motifs is 3. The SMILES string of the molecule is NC1CCN(C2C(F)CC3C(=O)C(C(=O)N4CCN(CCOCCO)CC4)=CN4C5CC6CCCCC6CC5OC2C34)C1. The van der Waals surface area contributed by atoms with Crippen LogP contribution in [-0.2, 0) is 19.1 Å². The van der Waals surface area contributed by atoms with Gasteiger partial charge in [-0.15, -0.1) is 0 Å². The van der Waals surface area contributed by atoms with E-state index in [-0.39, 0.29) is 54.5 Å². The van der Waals surface area contributed by atoms with Gasteiger partial charge in [-0.2, -0.15) is 0 Å². The Morgan fingerprint density at radius 2 is 1.79 bits per heavy atom. The highest BCUT2D eigenvalue weighted by atomic mass is 19.1. The van der Waals surface area contributed by atoms with E-state index in [0.717, 1.165) is 32.4 Å². The third-order valence-corrected chi connectivity index (χ3v) is 11.8. The van der Waals surface area contributed by atoms with Crippen LogP contribution in [0.15, 0.2) is 11.8 Å². The second kappa shape index (κ2) is 12.6. The highest BCUT2D eigenvalue weighted by Crippen LogP contribution is 2.51. The Balaban J connectivity index is 1.14. The number of carbonyl (C=O) groups excluding carboxylic acids is 2. The lowest BCUT2D eigenvalue weighted by Gasteiger charge is -2.61. The monoisotopic (exact) mass is 603 g/mol. The molecule has 7 aliphatic rings. The van der Waals surface area contributed by atoms with Crippen LogP contribution < -0.4 is 5.73 Å². The van der Waals surface area contributed by atoms with E-state index in [0.29, 0.717) is 57.8 Å². The van der Waals surface area contributed by atoms with Crippen molar-refractivity contribution in [1.82, 2.24) is 19.6 Å². The smallest absolute Gasteiger partial charge is 0.259 e. The van der Waals surface area contributed by atoms with Gasteiger partial charge in [-0.1, -0.05) is 25.7 Å². The van der Waals surface area contributed by atoms with Crippen LogP contribution in [0.5, 0.6) is 0 Å². The second-order valence-electron chi connectivity index (χ2n) is 14.2. The molecule has 3 saturated carbocycles. The number of nitrogens with zero attached hydrogens (tertiary/aromatic N) is 4. The van der Waals surface area contributed by atoms with Gasteiger partial charge in [0.15, 0.2) is 5.78 Å². The molecule has 3 N–H and O–H groups in total. The van der Waals surface area contributed by atoms with Crippen LogP contribution in [0.3, 0.4) is 0 Å². The molecule has 0 aromatic rings. The maximum absolute atomic E-state index is 16.3. The van der Waals surface area contributed by atoms with E-state index < -0.39 is 24.2 Å². The quantitative estimate of drug-likeness (QED) is 0.322. The first-order valence-electron chi connectivity index (χ1n) is 17.0. The molecule has 10 nitrogen and oxygen atoms in total. The van der Waals surface area contributed by atoms with Crippen molar-refractivity contribution in [3.63, 3.8) is 0 Å². The average molecular weight is 604 g/mol. The Labute approximate surface area is 254 Å². The first-order chi connectivity index (χ1) is 20.9. The van der Waals surface area contributed by atoms with Crippen molar-refractivity contribution < 1.29 is 28.6 Å². The van der Waals surface area contributed by atoms with Gasteiger partial charge in [0.05, 0.1) is 55.7 Å². The van der Waals surface area contributed by atoms with Crippen LogP contribution in [0.25, 0.3) is 0 Å². The number of likely N-dealkylation sites (tertiary alicyclic amines) is 1. The van der Waals surface area contributed by atoms with Crippen LogP contribution in [0.1, 0.15) is 51.4 Å². The molecule has 3 saturated heterocycles. The van der Waals surface area contributed by atoms with Crippen LogP contribution in [0, 0.1) is 17.8 Å². The first kappa shape index (κ1) is 30.0. The number of rotatable bonds is 7. The Kier molecular flexibility index (Phi) is 8.83. The number of ketones is 1. The minimum absolute atomic E-state index is 0.0102. The average Bonchev–Trinajstić information content (AvgIpc) is 3.45. The molecular formula is C32H50FN5O5. The van der Waals surface area contributed by atoms with Crippen LogP contribution in [0.2, 0.25) is 0 Å². The van der Waals surface area contributed by atoms with Gasteiger partial charge < -0.3 is 30.1 Å². The van der Waals surface area contributed by atoms with Crippen molar-refractivity contribution >= 4 is 11.7 Å². The molecule has 0 spiro atoms. The van der Waals surface area contributed by atoms with Crippen molar-refractivity contribution in [2.24, 2.45) is 23.5 Å². The van der Waals surface area contributed by atoms with Gasteiger partial charge in [-0.25, -0.2) is 4.39 Å². The third-order valence-electron chi connectivity index (χ3n) is 11.8. The summed E-state index contributed by atoms with van der Waals surface area (Å²) in [6, 6.07) is -0.488. The number of morpholine rings is 1. The summed E-state index contributed by atoms with van der Waals surface area (Å²) in [6.45, 7) is 5.55. The van der Waals surface area contributed by atoms with Crippen molar-refractivity contribution in [2.45, 2.75) is 93.9 Å². The number of Topliss-reactive ketones (excluding diaryl/α,β-unsaturated/α-hetero) is 1. The number of aliphatic hydroxyl groups is 1. The number of hydrogen-bond acceptors (Lipinski definition) is 9. The van der Waals surface area contributed by atoms with Gasteiger partial charge in [-0.3, -0.25) is 19.4 Å². The predicted molar refractivity (Wildman–Crippen MR) is 158 cm³/mol. The molecule has 3 aliphatic carbocycles. The summed E-state index contributed by atoms with van der Waals surface area (Å²) < 4.78 is 28.6. The number of amides is 1. The molecule has 0 radical (unpaired) electrons. The normalized spacial score (nSPS) is 41.8. The Morgan fingerprint density at radius 1 is 1.02 bits per heavy atom. The lowest BCUT2D eigenvalue weighted by Crippen LogP contribution is -2.73. The van der Waals surface area contributed by atoms with Gasteiger partial charge in [0.1, 0.15) is 6.17 Å². The topological polar surface area (TPSA) is 112 Å². The molecule has 1 amide bonds. The number of nitrogens with two attached hydrogens (primary N) is 1. The number of halogens is 1. The number of carbonyl (C=O) groups is 2. The van der Waals surface area contributed by atoms with Gasteiger partial charge in [0, 0.05) is 64.0 Å².